The lowest BCUT2D eigenvalue weighted by molar-refractivity contribution is -0.354. The molecule has 2 aromatic rings. The van der Waals surface area contributed by atoms with Crippen LogP contribution in [0.15, 0.2) is 73.0 Å². The van der Waals surface area contributed by atoms with Crippen LogP contribution in [0, 0.1) is 0 Å². The number of rotatable bonds is 7. The fourth-order valence-electron chi connectivity index (χ4n) is 1.95. The summed E-state index contributed by atoms with van der Waals surface area (Å²) in [5, 5.41) is 6.33. The maximum absolute atomic E-state index is 3.64. The average Bonchev–Trinajstić information content (AvgIpc) is 2.61. The quantitative estimate of drug-likeness (QED) is 0.457. The minimum Gasteiger partial charge on any atom is -0.388 e. The Morgan fingerprint density at radius 3 is 2.52 bits per heavy atom. The van der Waals surface area contributed by atoms with Crippen LogP contribution in [0.5, 0.6) is 0 Å². The molecule has 4 heteroatoms. The first-order chi connectivity index (χ1) is 11.3. The molecule has 4 nitrogen and oxygen atoms in total. The summed E-state index contributed by atoms with van der Waals surface area (Å²) in [6.07, 6.45) is 9.61. The van der Waals surface area contributed by atoms with Gasteiger partial charge in [0.15, 0.2) is 6.21 Å². The van der Waals surface area contributed by atoms with Gasteiger partial charge < -0.3 is 10.6 Å². The van der Waals surface area contributed by atoms with Crippen molar-refractivity contribution in [3.8, 4) is 0 Å². The predicted molar refractivity (Wildman–Crippen MR) is 98.8 cm³/mol. The third kappa shape index (κ3) is 5.63. The molecule has 0 amide bonds. The largest absolute Gasteiger partial charge is 0.388 e. The SMILES string of the molecule is C=[NH+]c1cccc([NH+]=CC=CC=CNc2cccc(NC)c2)c1. The lowest BCUT2D eigenvalue weighted by Gasteiger charge is -2.03. The molecule has 0 aliphatic heterocycles. The molecule has 0 aromatic heterocycles. The lowest BCUT2D eigenvalue weighted by atomic mass is 10.3. The van der Waals surface area contributed by atoms with Crippen molar-refractivity contribution in [1.29, 1.82) is 0 Å². The average molecular weight is 306 g/mol. The minimum absolute atomic E-state index is 0.972. The number of nitrogens with one attached hydrogen (secondary N) is 4. The van der Waals surface area contributed by atoms with E-state index in [1.165, 1.54) is 0 Å². The van der Waals surface area contributed by atoms with Crippen molar-refractivity contribution in [3.63, 3.8) is 0 Å². The second kappa shape index (κ2) is 9.00. The Balaban J connectivity index is 1.83. The normalized spacial score (nSPS) is 11.3. The third-order valence-electron chi connectivity index (χ3n) is 3.13. The molecule has 116 valence electrons. The van der Waals surface area contributed by atoms with Gasteiger partial charge in [-0.1, -0.05) is 12.1 Å². The van der Waals surface area contributed by atoms with Gasteiger partial charge in [0.05, 0.1) is 6.07 Å². The molecule has 0 aliphatic rings. The van der Waals surface area contributed by atoms with Crippen LogP contribution in [0.4, 0.5) is 22.7 Å². The first-order valence-electron chi connectivity index (χ1n) is 7.41. The minimum atomic E-state index is 0.972. The van der Waals surface area contributed by atoms with Crippen LogP contribution in [-0.2, 0) is 0 Å². The van der Waals surface area contributed by atoms with Gasteiger partial charge in [-0.3, -0.25) is 0 Å². The zero-order valence-corrected chi connectivity index (χ0v) is 13.2. The predicted octanol–water partition coefficient (Wildman–Crippen LogP) is 1.11. The molecule has 2 rings (SSSR count). The zero-order valence-electron chi connectivity index (χ0n) is 13.2. The molecule has 0 spiro atoms. The van der Waals surface area contributed by atoms with Crippen LogP contribution in [0.25, 0.3) is 0 Å². The number of hydrogen-bond acceptors (Lipinski definition) is 2. The van der Waals surface area contributed by atoms with E-state index in [0.29, 0.717) is 0 Å². The molecule has 4 N–H and O–H groups in total. The standard InChI is InChI=1S/C19H20N4/c1-20-16-8-6-10-18(14-16)22-12-4-3-5-13-23-19-11-7-9-17(15-19)21-2/h3-15,21,23H,1H2,2H3/p+2. The summed E-state index contributed by atoms with van der Waals surface area (Å²) in [5.74, 6) is 0. The molecule has 0 fully saturated rings. The maximum Gasteiger partial charge on any atom is 0.210 e. The van der Waals surface area contributed by atoms with Gasteiger partial charge in [0, 0.05) is 42.8 Å². The van der Waals surface area contributed by atoms with Crippen molar-refractivity contribution < 1.29 is 9.98 Å². The molecular formula is C19H22N4+2. The monoisotopic (exact) mass is 306 g/mol. The Labute approximate surface area is 137 Å². The van der Waals surface area contributed by atoms with Crippen molar-refractivity contribution in [2.75, 3.05) is 17.7 Å². The van der Waals surface area contributed by atoms with Gasteiger partial charge in [-0.05, 0) is 30.3 Å². The van der Waals surface area contributed by atoms with E-state index in [1.807, 2.05) is 86.2 Å². The molecule has 0 unspecified atom stereocenters. The van der Waals surface area contributed by atoms with E-state index < -0.39 is 0 Å². The van der Waals surface area contributed by atoms with Gasteiger partial charge in [-0.25, -0.2) is 9.98 Å². The summed E-state index contributed by atoms with van der Waals surface area (Å²) in [7, 11) is 1.91. The second-order valence-corrected chi connectivity index (χ2v) is 4.79. The van der Waals surface area contributed by atoms with Crippen molar-refractivity contribution in [3.05, 3.63) is 73.0 Å². The molecule has 23 heavy (non-hydrogen) atoms. The summed E-state index contributed by atoms with van der Waals surface area (Å²) in [6.45, 7) is 3.64. The highest BCUT2D eigenvalue weighted by Gasteiger charge is 1.98. The molecule has 0 heterocycles. The number of hydrogen-bond donors (Lipinski definition) is 4. The van der Waals surface area contributed by atoms with Crippen molar-refractivity contribution in [1.82, 2.24) is 0 Å². The Hall–Kier alpha value is -3.14. The fraction of sp³-hybridized carbons (Fsp3) is 0.0526. The van der Waals surface area contributed by atoms with Crippen molar-refractivity contribution in [2.45, 2.75) is 0 Å². The summed E-state index contributed by atoms with van der Waals surface area (Å²) < 4.78 is 0. The Kier molecular flexibility index (Phi) is 6.35. The summed E-state index contributed by atoms with van der Waals surface area (Å²) in [4.78, 5) is 6.06. The van der Waals surface area contributed by atoms with Crippen LogP contribution < -0.4 is 20.6 Å². The van der Waals surface area contributed by atoms with Gasteiger partial charge in [0.1, 0.15) is 6.72 Å². The summed E-state index contributed by atoms with van der Waals surface area (Å²) >= 11 is 0. The summed E-state index contributed by atoms with van der Waals surface area (Å²) in [6, 6.07) is 16.0. The Morgan fingerprint density at radius 2 is 1.70 bits per heavy atom. The number of anilines is 2. The van der Waals surface area contributed by atoms with E-state index >= 15 is 0 Å². The molecule has 0 atom stereocenters. The molecule has 0 saturated carbocycles. The number of allylic oxidation sites excluding steroid dienone is 3. The molecule has 0 aliphatic carbocycles. The highest BCUT2D eigenvalue weighted by molar-refractivity contribution is 5.67. The van der Waals surface area contributed by atoms with E-state index in [0.717, 1.165) is 22.7 Å². The maximum atomic E-state index is 3.64. The van der Waals surface area contributed by atoms with Gasteiger partial charge in [0.2, 0.25) is 11.4 Å². The first-order valence-corrected chi connectivity index (χ1v) is 7.41. The molecule has 0 saturated heterocycles. The fourth-order valence-corrected chi connectivity index (χ4v) is 1.95. The molecule has 2 aromatic carbocycles. The van der Waals surface area contributed by atoms with Crippen molar-refractivity contribution in [2.24, 2.45) is 0 Å². The Morgan fingerprint density at radius 1 is 0.913 bits per heavy atom. The number of benzene rings is 2. The highest BCUT2D eigenvalue weighted by Crippen LogP contribution is 2.13. The van der Waals surface area contributed by atoms with Gasteiger partial charge in [0.25, 0.3) is 0 Å². The van der Waals surface area contributed by atoms with E-state index in [9.17, 15) is 0 Å². The van der Waals surface area contributed by atoms with Crippen LogP contribution >= 0.6 is 0 Å². The van der Waals surface area contributed by atoms with Gasteiger partial charge >= 0.3 is 0 Å². The second-order valence-electron chi connectivity index (χ2n) is 4.79. The van der Waals surface area contributed by atoms with Crippen LogP contribution in [-0.4, -0.2) is 20.0 Å². The van der Waals surface area contributed by atoms with E-state index in [-0.39, 0.29) is 0 Å². The van der Waals surface area contributed by atoms with Gasteiger partial charge in [-0.15, -0.1) is 0 Å². The van der Waals surface area contributed by atoms with E-state index in [1.54, 1.807) is 0 Å². The van der Waals surface area contributed by atoms with E-state index in [4.69, 9.17) is 0 Å². The Bertz CT molecular complexity index is 730. The smallest absolute Gasteiger partial charge is 0.210 e. The topological polar surface area (TPSA) is 52.0 Å². The van der Waals surface area contributed by atoms with Crippen LogP contribution in [0.1, 0.15) is 0 Å². The molecular weight excluding hydrogens is 284 g/mol. The van der Waals surface area contributed by atoms with Gasteiger partial charge in [-0.2, -0.15) is 0 Å². The molecule has 0 bridgehead atoms. The lowest BCUT2D eigenvalue weighted by Crippen LogP contribution is -2.62. The van der Waals surface area contributed by atoms with Crippen LogP contribution in [0.2, 0.25) is 0 Å². The highest BCUT2D eigenvalue weighted by atomic mass is 14.9. The third-order valence-corrected chi connectivity index (χ3v) is 3.13. The van der Waals surface area contributed by atoms with Crippen molar-refractivity contribution >= 4 is 35.7 Å². The first kappa shape index (κ1) is 16.2. The zero-order chi connectivity index (χ0) is 16.3. The van der Waals surface area contributed by atoms with Crippen LogP contribution in [0.3, 0.4) is 0 Å². The van der Waals surface area contributed by atoms with E-state index in [2.05, 4.69) is 27.3 Å². The molecule has 0 radical (unpaired) electrons. The summed E-state index contributed by atoms with van der Waals surface area (Å²) in [5.41, 5.74) is 4.10.